The smallest absolute Gasteiger partial charge is 0.229 e. The Morgan fingerprint density at radius 1 is 1.16 bits per heavy atom. The largest absolute Gasteiger partial charge is 0.496 e. The Kier molecular flexibility index (Phi) is 9.57. The average Bonchev–Trinajstić information content (AvgIpc) is 3.34. The highest BCUT2D eigenvalue weighted by molar-refractivity contribution is 9.10. The van der Waals surface area contributed by atoms with Crippen LogP contribution in [-0.2, 0) is 40.4 Å². The lowest BCUT2D eigenvalue weighted by atomic mass is 10.0. The number of nitrogens with one attached hydrogen (secondary N) is 3. The van der Waals surface area contributed by atoms with Crippen LogP contribution >= 0.6 is 15.9 Å². The highest BCUT2D eigenvalue weighted by atomic mass is 79.9. The van der Waals surface area contributed by atoms with Crippen LogP contribution in [0.2, 0.25) is 0 Å². The summed E-state index contributed by atoms with van der Waals surface area (Å²) in [6, 6.07) is 5.84. The van der Waals surface area contributed by atoms with E-state index >= 15 is 0 Å². The summed E-state index contributed by atoms with van der Waals surface area (Å²) >= 11 is 3.44. The maximum absolute atomic E-state index is 12.7. The fraction of sp³-hybridized carbons (Fsp3) is 0.481. The first kappa shape index (κ1) is 27.8. The van der Waals surface area contributed by atoms with Gasteiger partial charge >= 0.3 is 0 Å². The van der Waals surface area contributed by atoms with Gasteiger partial charge in [-0.3, -0.25) is 9.59 Å². The molecule has 1 aliphatic rings. The van der Waals surface area contributed by atoms with Gasteiger partial charge in [-0.25, -0.2) is 9.67 Å². The van der Waals surface area contributed by atoms with E-state index in [1.165, 1.54) is 0 Å². The van der Waals surface area contributed by atoms with Crippen molar-refractivity contribution in [2.45, 2.75) is 65.2 Å². The average molecular weight is 588 g/mol. The van der Waals surface area contributed by atoms with Gasteiger partial charge in [0.05, 0.1) is 28.9 Å². The molecule has 0 radical (unpaired) electrons. The quantitative estimate of drug-likeness (QED) is 0.293. The van der Waals surface area contributed by atoms with E-state index < -0.39 is 0 Å². The van der Waals surface area contributed by atoms with E-state index in [1.807, 2.05) is 36.0 Å². The van der Waals surface area contributed by atoms with E-state index in [-0.39, 0.29) is 30.8 Å². The third kappa shape index (κ3) is 6.63. The molecule has 204 valence electrons. The predicted molar refractivity (Wildman–Crippen MR) is 149 cm³/mol. The zero-order valence-electron chi connectivity index (χ0n) is 22.1. The van der Waals surface area contributed by atoms with Crippen LogP contribution in [-0.4, -0.2) is 52.9 Å². The van der Waals surface area contributed by atoms with Gasteiger partial charge in [-0.1, -0.05) is 13.0 Å². The molecule has 0 saturated carbocycles. The summed E-state index contributed by atoms with van der Waals surface area (Å²) in [4.78, 5) is 30.1. The number of nitrogens with zero attached hydrogens (tertiary/aromatic N) is 3. The first-order valence-corrected chi connectivity index (χ1v) is 13.8. The number of benzene rings is 1. The van der Waals surface area contributed by atoms with Crippen molar-refractivity contribution in [2.24, 2.45) is 0 Å². The minimum atomic E-state index is -0.346. The summed E-state index contributed by atoms with van der Waals surface area (Å²) in [6.45, 7) is 6.83. The monoisotopic (exact) mass is 586 g/mol. The number of rotatable bonds is 11. The van der Waals surface area contributed by atoms with E-state index in [4.69, 9.17) is 14.5 Å². The van der Waals surface area contributed by atoms with Gasteiger partial charge in [0.1, 0.15) is 12.2 Å². The minimum Gasteiger partial charge on any atom is -0.496 e. The summed E-state index contributed by atoms with van der Waals surface area (Å²) in [6.07, 6.45) is 4.10. The molecule has 0 bridgehead atoms. The Morgan fingerprint density at radius 2 is 1.89 bits per heavy atom. The number of ether oxygens (including phenoxy) is 2. The fourth-order valence-corrected chi connectivity index (χ4v) is 5.17. The van der Waals surface area contributed by atoms with Crippen molar-refractivity contribution >= 4 is 44.5 Å². The summed E-state index contributed by atoms with van der Waals surface area (Å²) in [5.41, 5.74) is 4.51. The van der Waals surface area contributed by atoms with Crippen LogP contribution in [0.3, 0.4) is 0 Å². The highest BCUT2D eigenvalue weighted by Crippen LogP contribution is 2.31. The number of aromatic nitrogens is 3. The topological polar surface area (TPSA) is 119 Å². The molecule has 2 amide bonds. The van der Waals surface area contributed by atoms with Crippen LogP contribution in [0.5, 0.6) is 5.75 Å². The minimum absolute atomic E-state index is 0.259. The fourth-order valence-electron chi connectivity index (χ4n) is 4.58. The first-order valence-electron chi connectivity index (χ1n) is 13.0. The second-order valence-electron chi connectivity index (χ2n) is 9.19. The molecule has 0 aliphatic carbocycles. The molecule has 1 fully saturated rings. The van der Waals surface area contributed by atoms with E-state index in [2.05, 4.69) is 43.9 Å². The summed E-state index contributed by atoms with van der Waals surface area (Å²) in [5.74, 6) is 0.0247. The number of carbonyl (C=O) groups excluding carboxylic acids is 2. The summed E-state index contributed by atoms with van der Waals surface area (Å²) < 4.78 is 13.5. The standard InChI is InChI=1S/C27H35BrN6O4/c1-4-22-19(15-30-25(36)13-24(35)29-14-17-6-7-23(37-3)21(28)12-17)26(32-18-8-10-38-11-9-18)20-16-31-34(5-2)27(20)33-22/h6-7,12,16,18H,4-5,8-11,13-15H2,1-3H3,(H,29,35)(H,30,36)(H,32,33). The van der Waals surface area contributed by atoms with Crippen LogP contribution in [0.1, 0.15) is 49.9 Å². The Bertz CT molecular complexity index is 1290. The van der Waals surface area contributed by atoms with E-state index in [0.717, 1.165) is 70.6 Å². The number of pyridine rings is 1. The van der Waals surface area contributed by atoms with Crippen molar-refractivity contribution in [3.05, 3.63) is 45.7 Å². The number of methoxy groups -OCH3 is 1. The molecule has 0 unspecified atom stereocenters. The maximum atomic E-state index is 12.7. The molecular weight excluding hydrogens is 552 g/mol. The van der Waals surface area contributed by atoms with Crippen LogP contribution in [0.15, 0.2) is 28.9 Å². The van der Waals surface area contributed by atoms with E-state index in [9.17, 15) is 9.59 Å². The van der Waals surface area contributed by atoms with Gasteiger partial charge in [0.15, 0.2) is 5.65 Å². The van der Waals surface area contributed by atoms with Crippen molar-refractivity contribution in [1.29, 1.82) is 0 Å². The number of halogens is 1. The van der Waals surface area contributed by atoms with Gasteiger partial charge in [-0.2, -0.15) is 5.10 Å². The van der Waals surface area contributed by atoms with E-state index in [0.29, 0.717) is 18.7 Å². The third-order valence-corrected chi connectivity index (χ3v) is 7.29. The van der Waals surface area contributed by atoms with Gasteiger partial charge < -0.3 is 25.4 Å². The molecule has 1 saturated heterocycles. The number of anilines is 1. The van der Waals surface area contributed by atoms with Crippen LogP contribution in [0.25, 0.3) is 11.0 Å². The van der Waals surface area contributed by atoms with Gasteiger partial charge in [-0.15, -0.1) is 0 Å². The van der Waals surface area contributed by atoms with Crippen molar-refractivity contribution in [3.63, 3.8) is 0 Å². The predicted octanol–water partition coefficient (Wildman–Crippen LogP) is 3.70. The first-order chi connectivity index (χ1) is 18.4. The number of hydrogen-bond donors (Lipinski definition) is 3. The molecule has 2 aromatic heterocycles. The number of carbonyl (C=O) groups is 2. The summed E-state index contributed by atoms with van der Waals surface area (Å²) in [5, 5.41) is 14.9. The van der Waals surface area contributed by atoms with E-state index in [1.54, 1.807) is 7.11 Å². The zero-order valence-corrected chi connectivity index (χ0v) is 23.7. The normalized spacial score (nSPS) is 13.9. The number of fused-ring (bicyclic) bond motifs is 1. The molecule has 0 atom stereocenters. The molecule has 0 spiro atoms. The molecule has 1 aromatic carbocycles. The van der Waals surface area contributed by atoms with Crippen molar-refractivity contribution in [1.82, 2.24) is 25.4 Å². The second kappa shape index (κ2) is 13.1. The van der Waals surface area contributed by atoms with Crippen molar-refractivity contribution < 1.29 is 19.1 Å². The lowest BCUT2D eigenvalue weighted by Gasteiger charge is -2.26. The third-order valence-electron chi connectivity index (χ3n) is 6.67. The molecule has 3 heterocycles. The maximum Gasteiger partial charge on any atom is 0.229 e. The molecule has 10 nitrogen and oxygen atoms in total. The number of hydrogen-bond acceptors (Lipinski definition) is 7. The number of amides is 2. The second-order valence-corrected chi connectivity index (χ2v) is 10.0. The molecule has 38 heavy (non-hydrogen) atoms. The molecule has 3 N–H and O–H groups in total. The van der Waals surface area contributed by atoms with Crippen molar-refractivity contribution in [3.8, 4) is 5.75 Å². The van der Waals surface area contributed by atoms with Crippen LogP contribution < -0.4 is 20.7 Å². The van der Waals surface area contributed by atoms with Gasteiger partial charge in [-0.05, 0) is 59.8 Å². The molecule has 1 aliphatic heterocycles. The van der Waals surface area contributed by atoms with Gasteiger partial charge in [0, 0.05) is 50.1 Å². The van der Waals surface area contributed by atoms with Crippen LogP contribution in [0, 0.1) is 0 Å². The molecular formula is C27H35BrN6O4. The van der Waals surface area contributed by atoms with Gasteiger partial charge in [0.25, 0.3) is 0 Å². The molecule has 11 heteroatoms. The lowest BCUT2D eigenvalue weighted by molar-refractivity contribution is -0.129. The Hall–Kier alpha value is -3.18. The highest BCUT2D eigenvalue weighted by Gasteiger charge is 2.22. The zero-order chi connectivity index (χ0) is 27.1. The van der Waals surface area contributed by atoms with Crippen molar-refractivity contribution in [2.75, 3.05) is 25.6 Å². The lowest BCUT2D eigenvalue weighted by Crippen LogP contribution is -2.32. The summed E-state index contributed by atoms with van der Waals surface area (Å²) in [7, 11) is 1.60. The Balaban J connectivity index is 1.44. The van der Waals surface area contributed by atoms with Crippen LogP contribution in [0.4, 0.5) is 5.69 Å². The Labute approximate surface area is 231 Å². The molecule has 4 rings (SSSR count). The number of aryl methyl sites for hydroxylation is 2. The Morgan fingerprint density at radius 3 is 2.55 bits per heavy atom. The SMILES string of the molecule is CCc1nc2c(cnn2CC)c(NC2CCOCC2)c1CNC(=O)CC(=O)NCc1ccc(OC)c(Br)c1. The molecule has 3 aromatic rings. The van der Waals surface area contributed by atoms with Gasteiger partial charge in [0.2, 0.25) is 11.8 Å².